The van der Waals surface area contributed by atoms with Gasteiger partial charge >= 0.3 is 0 Å². The van der Waals surface area contributed by atoms with E-state index in [-0.39, 0.29) is 0 Å². The zero-order valence-electron chi connectivity index (χ0n) is 7.53. The molecule has 66 valence electrons. The summed E-state index contributed by atoms with van der Waals surface area (Å²) in [4.78, 5) is 4.33. The first kappa shape index (κ1) is 8.05. The van der Waals surface area contributed by atoms with Gasteiger partial charge in [0.25, 0.3) is 0 Å². The monoisotopic (exact) mass is 173 g/mol. The second-order valence-electron chi connectivity index (χ2n) is 2.92. The van der Waals surface area contributed by atoms with Crippen molar-refractivity contribution in [3.63, 3.8) is 0 Å². The molecule has 0 radical (unpaired) electrons. The van der Waals surface area contributed by atoms with Crippen LogP contribution in [-0.4, -0.2) is 4.98 Å². The smallest absolute Gasteiger partial charge is 0.0996 e. The maximum absolute atomic E-state index is 4.99. The number of hydrogen-bond acceptors (Lipinski definition) is 2. The second kappa shape index (κ2) is 3.44. The fourth-order valence-corrected chi connectivity index (χ4v) is 1.21. The van der Waals surface area contributed by atoms with Crippen molar-refractivity contribution in [2.45, 2.75) is 13.3 Å². The number of pyridine rings is 1. The molecule has 0 saturated carbocycles. The van der Waals surface area contributed by atoms with Crippen molar-refractivity contribution < 1.29 is 4.42 Å². The van der Waals surface area contributed by atoms with Crippen LogP contribution in [0, 0.1) is 0 Å². The molecule has 0 aliphatic rings. The van der Waals surface area contributed by atoms with Gasteiger partial charge in [-0.2, -0.15) is 0 Å². The Balaban J connectivity index is 2.33. The van der Waals surface area contributed by atoms with E-state index in [2.05, 4.69) is 18.0 Å². The first-order valence-electron chi connectivity index (χ1n) is 4.37. The molecule has 2 rings (SSSR count). The summed E-state index contributed by atoms with van der Waals surface area (Å²) in [7, 11) is 0. The summed E-state index contributed by atoms with van der Waals surface area (Å²) in [5.41, 5.74) is 3.25. The number of nitrogens with zero attached hydrogens (tertiary/aromatic N) is 1. The Kier molecular flexibility index (Phi) is 2.13. The molecule has 13 heavy (non-hydrogen) atoms. The van der Waals surface area contributed by atoms with Gasteiger partial charge in [-0.3, -0.25) is 4.98 Å². The van der Waals surface area contributed by atoms with Crippen molar-refractivity contribution in [1.29, 1.82) is 0 Å². The summed E-state index contributed by atoms with van der Waals surface area (Å²) in [6.45, 7) is 2.12. The quantitative estimate of drug-likeness (QED) is 0.697. The van der Waals surface area contributed by atoms with Gasteiger partial charge in [-0.1, -0.05) is 13.0 Å². The summed E-state index contributed by atoms with van der Waals surface area (Å²) in [5.74, 6) is 0. The highest BCUT2D eigenvalue weighted by Gasteiger charge is 1.99. The van der Waals surface area contributed by atoms with Crippen molar-refractivity contribution in [2.75, 3.05) is 0 Å². The van der Waals surface area contributed by atoms with E-state index in [1.54, 1.807) is 12.5 Å². The lowest BCUT2D eigenvalue weighted by Gasteiger charge is -1.97. The highest BCUT2D eigenvalue weighted by molar-refractivity contribution is 5.56. The molecular formula is C11H11NO. The highest BCUT2D eigenvalue weighted by Crippen LogP contribution is 2.16. The number of furan rings is 1. The van der Waals surface area contributed by atoms with Gasteiger partial charge in [0, 0.05) is 11.8 Å². The van der Waals surface area contributed by atoms with Crippen LogP contribution < -0.4 is 0 Å². The van der Waals surface area contributed by atoms with Crippen molar-refractivity contribution >= 4 is 0 Å². The molecule has 2 aromatic heterocycles. The minimum absolute atomic E-state index is 0.964. The standard InChI is InChI=1S/C11H11NO/c1-2-9-3-4-11(12-7-9)10-5-6-13-8-10/h3-8H,2H2,1H3. The van der Waals surface area contributed by atoms with Crippen LogP contribution >= 0.6 is 0 Å². The molecule has 2 heterocycles. The van der Waals surface area contributed by atoms with E-state index in [1.807, 2.05) is 18.3 Å². The second-order valence-corrected chi connectivity index (χ2v) is 2.92. The van der Waals surface area contributed by atoms with Gasteiger partial charge in [-0.05, 0) is 24.1 Å². The van der Waals surface area contributed by atoms with Gasteiger partial charge in [0.05, 0.1) is 18.2 Å². The van der Waals surface area contributed by atoms with Crippen LogP contribution in [0.2, 0.25) is 0 Å². The van der Waals surface area contributed by atoms with Crippen LogP contribution in [0.1, 0.15) is 12.5 Å². The summed E-state index contributed by atoms with van der Waals surface area (Å²) in [6, 6.07) is 6.02. The lowest BCUT2D eigenvalue weighted by atomic mass is 10.1. The van der Waals surface area contributed by atoms with Crippen LogP contribution in [0.4, 0.5) is 0 Å². The molecule has 0 fully saturated rings. The van der Waals surface area contributed by atoms with Gasteiger partial charge < -0.3 is 4.42 Å². The zero-order valence-corrected chi connectivity index (χ0v) is 7.53. The molecule has 0 amide bonds. The molecular weight excluding hydrogens is 162 g/mol. The Bertz CT molecular complexity index is 361. The third-order valence-electron chi connectivity index (χ3n) is 2.05. The molecule has 0 unspecified atom stereocenters. The Morgan fingerprint density at radius 3 is 2.77 bits per heavy atom. The maximum atomic E-state index is 4.99. The molecule has 2 aromatic rings. The third-order valence-corrected chi connectivity index (χ3v) is 2.05. The van der Waals surface area contributed by atoms with Crippen molar-refractivity contribution in [2.24, 2.45) is 0 Å². The van der Waals surface area contributed by atoms with Crippen molar-refractivity contribution in [1.82, 2.24) is 4.98 Å². The van der Waals surface area contributed by atoms with Crippen molar-refractivity contribution in [3.05, 3.63) is 42.5 Å². The number of rotatable bonds is 2. The summed E-state index contributed by atoms with van der Waals surface area (Å²) in [5, 5.41) is 0. The van der Waals surface area contributed by atoms with Crippen LogP contribution in [-0.2, 0) is 6.42 Å². The number of hydrogen-bond donors (Lipinski definition) is 0. The van der Waals surface area contributed by atoms with Crippen LogP contribution in [0.3, 0.4) is 0 Å². The molecule has 0 aliphatic carbocycles. The largest absolute Gasteiger partial charge is 0.472 e. The van der Waals surface area contributed by atoms with E-state index in [1.165, 1.54) is 5.56 Å². The molecule has 0 atom stereocenters. The average molecular weight is 173 g/mol. The van der Waals surface area contributed by atoms with Gasteiger partial charge in [0.1, 0.15) is 0 Å². The zero-order chi connectivity index (χ0) is 9.10. The fourth-order valence-electron chi connectivity index (χ4n) is 1.21. The molecule has 0 N–H and O–H groups in total. The van der Waals surface area contributed by atoms with Crippen molar-refractivity contribution in [3.8, 4) is 11.3 Å². The first-order valence-corrected chi connectivity index (χ1v) is 4.37. The van der Waals surface area contributed by atoms with Gasteiger partial charge in [-0.25, -0.2) is 0 Å². The Morgan fingerprint density at radius 2 is 2.23 bits per heavy atom. The lowest BCUT2D eigenvalue weighted by Crippen LogP contribution is -1.84. The van der Waals surface area contributed by atoms with Gasteiger partial charge in [-0.15, -0.1) is 0 Å². The maximum Gasteiger partial charge on any atom is 0.0996 e. The minimum Gasteiger partial charge on any atom is -0.472 e. The molecule has 2 nitrogen and oxygen atoms in total. The van der Waals surface area contributed by atoms with Crippen LogP contribution in [0.15, 0.2) is 41.3 Å². The Hall–Kier alpha value is -1.57. The van der Waals surface area contributed by atoms with E-state index in [9.17, 15) is 0 Å². The lowest BCUT2D eigenvalue weighted by molar-refractivity contribution is 0.568. The summed E-state index contributed by atoms with van der Waals surface area (Å²) < 4.78 is 4.99. The summed E-state index contributed by atoms with van der Waals surface area (Å²) in [6.07, 6.45) is 6.29. The van der Waals surface area contributed by atoms with E-state index < -0.39 is 0 Å². The third kappa shape index (κ3) is 1.61. The van der Waals surface area contributed by atoms with Gasteiger partial charge in [0.2, 0.25) is 0 Å². The van der Waals surface area contributed by atoms with E-state index in [4.69, 9.17) is 4.42 Å². The highest BCUT2D eigenvalue weighted by atomic mass is 16.3. The van der Waals surface area contributed by atoms with E-state index in [0.717, 1.165) is 17.7 Å². The minimum atomic E-state index is 0.964. The molecule has 0 saturated heterocycles. The molecule has 0 bridgehead atoms. The molecule has 0 spiro atoms. The normalized spacial score (nSPS) is 10.2. The van der Waals surface area contributed by atoms with Crippen LogP contribution in [0.5, 0.6) is 0 Å². The SMILES string of the molecule is CCc1ccc(-c2ccoc2)nc1. The number of aryl methyl sites for hydroxylation is 1. The Labute approximate surface area is 77.2 Å². The predicted molar refractivity (Wildman–Crippen MR) is 51.3 cm³/mol. The molecule has 0 aromatic carbocycles. The van der Waals surface area contributed by atoms with Gasteiger partial charge in [0.15, 0.2) is 0 Å². The average Bonchev–Trinajstić information content (AvgIpc) is 2.71. The summed E-state index contributed by atoms with van der Waals surface area (Å²) >= 11 is 0. The first-order chi connectivity index (χ1) is 6.40. The fraction of sp³-hybridized carbons (Fsp3) is 0.182. The van der Waals surface area contributed by atoms with E-state index in [0.29, 0.717) is 0 Å². The predicted octanol–water partition coefficient (Wildman–Crippen LogP) is 2.90. The topological polar surface area (TPSA) is 26.0 Å². The van der Waals surface area contributed by atoms with E-state index >= 15 is 0 Å². The molecule has 0 aliphatic heterocycles. The Morgan fingerprint density at radius 1 is 1.31 bits per heavy atom. The van der Waals surface area contributed by atoms with Crippen LogP contribution in [0.25, 0.3) is 11.3 Å². The molecule has 2 heteroatoms. The number of aromatic nitrogens is 1.